The van der Waals surface area contributed by atoms with E-state index >= 15 is 0 Å². The van der Waals surface area contributed by atoms with E-state index in [1.165, 1.54) is 29.2 Å². The summed E-state index contributed by atoms with van der Waals surface area (Å²) in [5.74, 6) is -1.36. The van der Waals surface area contributed by atoms with Crippen molar-refractivity contribution in [2.75, 3.05) is 13.1 Å². The van der Waals surface area contributed by atoms with Crippen LogP contribution in [0.4, 0.5) is 0 Å². The molecule has 0 spiro atoms. The molecule has 3 amide bonds. The fraction of sp³-hybridized carbons (Fsp3) is 0.200. The minimum absolute atomic E-state index is 0.111. The molecule has 9 heteroatoms. The van der Waals surface area contributed by atoms with Crippen molar-refractivity contribution in [2.45, 2.75) is 13.5 Å². The number of carbonyl (C=O) groups excluding carboxylic acids is 3. The van der Waals surface area contributed by atoms with Gasteiger partial charge in [-0.3, -0.25) is 14.4 Å². The van der Waals surface area contributed by atoms with Gasteiger partial charge in [-0.05, 0) is 24.6 Å². The first-order chi connectivity index (χ1) is 14.0. The monoisotopic (exact) mass is 412 g/mol. The highest BCUT2D eigenvalue weighted by atomic mass is 32.1. The second kappa shape index (κ2) is 9.65. The van der Waals surface area contributed by atoms with Crippen LogP contribution in [0.3, 0.4) is 0 Å². The number of carbonyl (C=O) groups is 3. The largest absolute Gasteiger partial charge is 0.459 e. The average molecular weight is 412 g/mol. The molecule has 0 radical (unpaired) electrons. The minimum Gasteiger partial charge on any atom is -0.459 e. The average Bonchev–Trinajstić information content (AvgIpc) is 3.39. The first kappa shape index (κ1) is 20.3. The molecular weight excluding hydrogens is 392 g/mol. The van der Waals surface area contributed by atoms with E-state index in [0.717, 1.165) is 5.56 Å². The molecule has 1 aromatic carbocycles. The van der Waals surface area contributed by atoms with Crippen LogP contribution < -0.4 is 15.4 Å². The molecule has 3 aromatic rings. The molecule has 0 unspecified atom stereocenters. The minimum atomic E-state index is -0.503. The maximum Gasteiger partial charge on any atom is 0.287 e. The van der Waals surface area contributed by atoms with Gasteiger partial charge in [-0.15, -0.1) is 11.3 Å². The lowest BCUT2D eigenvalue weighted by atomic mass is 10.1. The summed E-state index contributed by atoms with van der Waals surface area (Å²) in [4.78, 5) is 40.2. The van der Waals surface area contributed by atoms with Gasteiger partial charge in [0.25, 0.3) is 11.8 Å². The zero-order valence-corrected chi connectivity index (χ0v) is 16.6. The molecule has 0 bridgehead atoms. The van der Waals surface area contributed by atoms with Crippen molar-refractivity contribution in [1.82, 2.24) is 15.2 Å². The molecule has 2 aromatic heterocycles. The molecular formula is C20H20N4O4S. The Morgan fingerprint density at radius 3 is 2.62 bits per heavy atom. The summed E-state index contributed by atoms with van der Waals surface area (Å²) in [6, 6.07) is 11.2. The maximum absolute atomic E-state index is 12.1. The Hall–Kier alpha value is -3.46. The fourth-order valence-corrected chi connectivity index (χ4v) is 3.18. The molecule has 0 fully saturated rings. The Balaban J connectivity index is 1.50. The van der Waals surface area contributed by atoms with Crippen molar-refractivity contribution in [1.29, 1.82) is 0 Å². The molecule has 0 aliphatic rings. The number of benzene rings is 1. The van der Waals surface area contributed by atoms with Crippen LogP contribution in [0.15, 0.2) is 63.6 Å². The number of hydrogen-bond acceptors (Lipinski definition) is 5. The highest BCUT2D eigenvalue weighted by Crippen LogP contribution is 2.05. The fourth-order valence-electron chi connectivity index (χ4n) is 2.44. The van der Waals surface area contributed by atoms with Crippen LogP contribution in [-0.2, 0) is 16.1 Å². The Morgan fingerprint density at radius 2 is 1.90 bits per heavy atom. The molecule has 150 valence electrons. The molecule has 0 saturated carbocycles. The second-order valence-corrected chi connectivity index (χ2v) is 7.11. The van der Waals surface area contributed by atoms with E-state index in [9.17, 15) is 14.4 Å². The van der Waals surface area contributed by atoms with Crippen LogP contribution in [0, 0.1) is 6.92 Å². The first-order valence-electron chi connectivity index (χ1n) is 8.87. The lowest BCUT2D eigenvalue weighted by Gasteiger charge is -2.05. The van der Waals surface area contributed by atoms with Crippen LogP contribution in [0.2, 0.25) is 0 Å². The van der Waals surface area contributed by atoms with Gasteiger partial charge in [0.2, 0.25) is 5.91 Å². The molecule has 0 aliphatic carbocycles. The number of nitrogens with one attached hydrogen (secondary N) is 2. The summed E-state index contributed by atoms with van der Waals surface area (Å²) in [7, 11) is 0. The van der Waals surface area contributed by atoms with Crippen molar-refractivity contribution in [3.05, 3.63) is 75.9 Å². The number of hydrogen-bond donors (Lipinski definition) is 2. The number of amides is 3. The predicted octanol–water partition coefficient (Wildman–Crippen LogP) is 1.47. The smallest absolute Gasteiger partial charge is 0.287 e. The van der Waals surface area contributed by atoms with Crippen LogP contribution in [0.5, 0.6) is 0 Å². The van der Waals surface area contributed by atoms with Gasteiger partial charge in [0, 0.05) is 18.1 Å². The van der Waals surface area contributed by atoms with E-state index < -0.39 is 17.7 Å². The third-order valence-corrected chi connectivity index (χ3v) is 4.74. The van der Waals surface area contributed by atoms with Crippen molar-refractivity contribution >= 4 is 29.1 Å². The molecule has 3 rings (SSSR count). The summed E-state index contributed by atoms with van der Waals surface area (Å²) in [6.07, 6.45) is 3.23. The van der Waals surface area contributed by atoms with Gasteiger partial charge in [-0.2, -0.15) is 4.99 Å². The van der Waals surface area contributed by atoms with E-state index in [1.54, 1.807) is 6.07 Å². The Morgan fingerprint density at radius 1 is 1.10 bits per heavy atom. The van der Waals surface area contributed by atoms with Gasteiger partial charge in [0.15, 0.2) is 10.6 Å². The molecule has 0 aliphatic heterocycles. The van der Waals surface area contributed by atoms with Gasteiger partial charge >= 0.3 is 0 Å². The van der Waals surface area contributed by atoms with E-state index in [4.69, 9.17) is 4.42 Å². The Bertz CT molecular complexity index is 1050. The van der Waals surface area contributed by atoms with Crippen molar-refractivity contribution in [3.8, 4) is 0 Å². The zero-order valence-electron chi connectivity index (χ0n) is 15.8. The van der Waals surface area contributed by atoms with Crippen LogP contribution in [0.1, 0.15) is 21.7 Å². The van der Waals surface area contributed by atoms with Crippen molar-refractivity contribution in [2.24, 2.45) is 4.99 Å². The highest BCUT2D eigenvalue weighted by Gasteiger charge is 2.11. The molecule has 8 nitrogen and oxygen atoms in total. The zero-order chi connectivity index (χ0) is 20.6. The van der Waals surface area contributed by atoms with Crippen LogP contribution in [-0.4, -0.2) is 35.4 Å². The Kier molecular flexibility index (Phi) is 6.75. The predicted molar refractivity (Wildman–Crippen MR) is 107 cm³/mol. The van der Waals surface area contributed by atoms with Crippen LogP contribution >= 0.6 is 11.3 Å². The molecule has 0 saturated heterocycles. The summed E-state index contributed by atoms with van der Waals surface area (Å²) >= 11 is 1.34. The maximum atomic E-state index is 12.1. The molecule has 2 heterocycles. The van der Waals surface area contributed by atoms with E-state index in [2.05, 4.69) is 15.6 Å². The molecule has 29 heavy (non-hydrogen) atoms. The van der Waals surface area contributed by atoms with Gasteiger partial charge in [-0.1, -0.05) is 29.8 Å². The lowest BCUT2D eigenvalue weighted by molar-refractivity contribution is -0.124. The van der Waals surface area contributed by atoms with E-state index in [1.807, 2.05) is 47.3 Å². The number of rotatable bonds is 7. The van der Waals surface area contributed by atoms with Gasteiger partial charge in [0.1, 0.15) is 0 Å². The number of aromatic nitrogens is 1. The standard InChI is InChI=1S/C20H20N4O4S/c1-14-4-6-15(7-5-14)13-24-8-10-29-20(24)23-18(26)12-21-17(25)11-22-19(27)16-3-2-9-28-16/h2-10H,11-13H2,1H3,(H,21,25)(H,22,27). The summed E-state index contributed by atoms with van der Waals surface area (Å²) in [6.45, 7) is 2.11. The molecule has 0 atom stereocenters. The summed E-state index contributed by atoms with van der Waals surface area (Å²) < 4.78 is 6.80. The topological polar surface area (TPSA) is 106 Å². The van der Waals surface area contributed by atoms with Crippen LogP contribution in [0.25, 0.3) is 0 Å². The quantitative estimate of drug-likeness (QED) is 0.613. The van der Waals surface area contributed by atoms with E-state index in [-0.39, 0.29) is 18.8 Å². The summed E-state index contributed by atoms with van der Waals surface area (Å²) in [5, 5.41) is 6.69. The second-order valence-electron chi connectivity index (χ2n) is 6.24. The van der Waals surface area contributed by atoms with Crippen molar-refractivity contribution in [3.63, 3.8) is 0 Å². The first-order valence-corrected chi connectivity index (χ1v) is 9.74. The highest BCUT2D eigenvalue weighted by molar-refractivity contribution is 7.07. The van der Waals surface area contributed by atoms with Gasteiger partial charge in [-0.25, -0.2) is 0 Å². The number of thiazole rings is 1. The number of aryl methyl sites for hydroxylation is 1. The van der Waals surface area contributed by atoms with Crippen molar-refractivity contribution < 1.29 is 18.8 Å². The van der Waals surface area contributed by atoms with Gasteiger partial charge < -0.3 is 19.6 Å². The lowest BCUT2D eigenvalue weighted by Crippen LogP contribution is -2.39. The SMILES string of the molecule is Cc1ccc(Cn2ccsc2=NC(=O)CNC(=O)CNC(=O)c2ccco2)cc1. The third-order valence-electron chi connectivity index (χ3n) is 3.95. The number of furan rings is 1. The van der Waals surface area contributed by atoms with E-state index in [0.29, 0.717) is 11.3 Å². The summed E-state index contributed by atoms with van der Waals surface area (Å²) in [5.41, 5.74) is 2.28. The van der Waals surface area contributed by atoms with Gasteiger partial charge in [0.05, 0.1) is 19.4 Å². The molecule has 2 N–H and O–H groups in total. The third kappa shape index (κ3) is 6.01. The number of nitrogens with zero attached hydrogens (tertiary/aromatic N) is 2. The normalized spacial score (nSPS) is 11.3. The Labute approximate surface area is 170 Å².